The summed E-state index contributed by atoms with van der Waals surface area (Å²) < 4.78 is 32.9. The molecule has 0 unspecified atom stereocenters. The van der Waals surface area contributed by atoms with Crippen LogP contribution in [0.1, 0.15) is 16.8 Å². The number of hydrogen-bond donors (Lipinski definition) is 1. The molecule has 1 aliphatic rings. The number of hydrogen-bond acceptors (Lipinski definition) is 4. The van der Waals surface area contributed by atoms with Gasteiger partial charge in [-0.25, -0.2) is 13.8 Å². The first-order valence-corrected chi connectivity index (χ1v) is 8.41. The van der Waals surface area contributed by atoms with Crippen LogP contribution in [0.15, 0.2) is 39.7 Å². The van der Waals surface area contributed by atoms with E-state index in [0.29, 0.717) is 42.4 Å². The van der Waals surface area contributed by atoms with Crippen LogP contribution in [-0.2, 0) is 19.5 Å². The van der Waals surface area contributed by atoms with Crippen LogP contribution in [0, 0.1) is 11.6 Å². The minimum absolute atomic E-state index is 0.103. The van der Waals surface area contributed by atoms with Gasteiger partial charge in [0.15, 0.2) is 11.6 Å². The minimum Gasteiger partial charge on any atom is -0.461 e. The Bertz CT molecular complexity index is 1020. The van der Waals surface area contributed by atoms with Crippen molar-refractivity contribution in [2.45, 2.75) is 19.5 Å². The van der Waals surface area contributed by atoms with Crippen LogP contribution in [0.2, 0.25) is 5.02 Å². The molecule has 0 radical (unpaired) electrons. The maximum atomic E-state index is 14.0. The number of H-pyrrole nitrogens is 1. The fraction of sp³-hybridized carbons (Fsp3) is 0.222. The summed E-state index contributed by atoms with van der Waals surface area (Å²) >= 11 is 5.91. The zero-order valence-corrected chi connectivity index (χ0v) is 14.3. The maximum Gasteiger partial charge on any atom is 0.254 e. The number of aromatic amines is 1. The lowest BCUT2D eigenvalue weighted by atomic mass is 10.1. The van der Waals surface area contributed by atoms with Gasteiger partial charge in [0.1, 0.15) is 11.6 Å². The third-order valence-electron chi connectivity index (χ3n) is 4.43. The fourth-order valence-corrected chi connectivity index (χ4v) is 3.31. The van der Waals surface area contributed by atoms with Gasteiger partial charge in [-0.3, -0.25) is 9.69 Å². The standard InChI is InChI=1S/C18H14ClF2N3O2/c19-16-11(12(20)3-4-13(16)21)8-24-6-5-10-14(9-24)22-17(23-18(10)25)15-2-1-7-26-15/h1-4,7H,5-6,8-9H2,(H,22,23,25). The predicted octanol–water partition coefficient (Wildman–Crippen LogP) is 3.52. The topological polar surface area (TPSA) is 62.1 Å². The van der Waals surface area contributed by atoms with Gasteiger partial charge in [0.05, 0.1) is 17.0 Å². The van der Waals surface area contributed by atoms with E-state index in [1.54, 1.807) is 12.1 Å². The quantitative estimate of drug-likeness (QED) is 0.709. The number of furan rings is 1. The van der Waals surface area contributed by atoms with Gasteiger partial charge in [-0.15, -0.1) is 0 Å². The second kappa shape index (κ2) is 6.66. The van der Waals surface area contributed by atoms with Gasteiger partial charge in [0.25, 0.3) is 5.56 Å². The van der Waals surface area contributed by atoms with Crippen LogP contribution < -0.4 is 5.56 Å². The molecule has 4 rings (SSSR count). The lowest BCUT2D eigenvalue weighted by Gasteiger charge is -2.28. The molecule has 5 nitrogen and oxygen atoms in total. The van der Waals surface area contributed by atoms with Crippen LogP contribution in [-0.4, -0.2) is 21.4 Å². The number of aromatic nitrogens is 2. The molecule has 0 spiro atoms. The number of rotatable bonds is 3. The van der Waals surface area contributed by atoms with Gasteiger partial charge < -0.3 is 9.40 Å². The molecule has 0 amide bonds. The van der Waals surface area contributed by atoms with E-state index in [-0.39, 0.29) is 22.7 Å². The molecule has 0 saturated carbocycles. The van der Waals surface area contributed by atoms with Crippen molar-refractivity contribution in [1.82, 2.24) is 14.9 Å². The van der Waals surface area contributed by atoms with E-state index in [1.165, 1.54) is 6.26 Å². The Hall–Kier alpha value is -2.51. The highest BCUT2D eigenvalue weighted by Crippen LogP contribution is 2.26. The van der Waals surface area contributed by atoms with Crippen molar-refractivity contribution in [3.05, 3.63) is 74.4 Å². The van der Waals surface area contributed by atoms with Gasteiger partial charge >= 0.3 is 0 Å². The zero-order valence-electron chi connectivity index (χ0n) is 13.6. The van der Waals surface area contributed by atoms with E-state index in [2.05, 4.69) is 9.97 Å². The summed E-state index contributed by atoms with van der Waals surface area (Å²) in [5, 5.41) is -0.217. The van der Waals surface area contributed by atoms with Crippen molar-refractivity contribution in [2.24, 2.45) is 0 Å². The molecule has 26 heavy (non-hydrogen) atoms. The van der Waals surface area contributed by atoms with Crippen LogP contribution in [0.4, 0.5) is 8.78 Å². The molecule has 0 fully saturated rings. The van der Waals surface area contributed by atoms with Gasteiger partial charge in [-0.2, -0.15) is 0 Å². The van der Waals surface area contributed by atoms with Crippen molar-refractivity contribution in [1.29, 1.82) is 0 Å². The Morgan fingerprint density at radius 2 is 2.08 bits per heavy atom. The summed E-state index contributed by atoms with van der Waals surface area (Å²) in [4.78, 5) is 21.4. The molecule has 2 aromatic heterocycles. The van der Waals surface area contributed by atoms with E-state index in [9.17, 15) is 13.6 Å². The van der Waals surface area contributed by atoms with Gasteiger partial charge in [-0.1, -0.05) is 11.6 Å². The molecule has 3 aromatic rings. The number of nitrogens with zero attached hydrogens (tertiary/aromatic N) is 2. The van der Waals surface area contributed by atoms with Crippen molar-refractivity contribution in [3.63, 3.8) is 0 Å². The zero-order chi connectivity index (χ0) is 18.3. The Morgan fingerprint density at radius 3 is 2.85 bits per heavy atom. The van der Waals surface area contributed by atoms with Crippen molar-refractivity contribution >= 4 is 11.6 Å². The molecular weight excluding hydrogens is 364 g/mol. The maximum absolute atomic E-state index is 14.0. The smallest absolute Gasteiger partial charge is 0.254 e. The van der Waals surface area contributed by atoms with Crippen molar-refractivity contribution < 1.29 is 13.2 Å². The second-order valence-electron chi connectivity index (χ2n) is 6.10. The van der Waals surface area contributed by atoms with Crippen molar-refractivity contribution in [3.8, 4) is 11.6 Å². The summed E-state index contributed by atoms with van der Waals surface area (Å²) in [6.45, 7) is 0.982. The first-order chi connectivity index (χ1) is 12.5. The van der Waals surface area contributed by atoms with Crippen LogP contribution in [0.5, 0.6) is 0 Å². The Kier molecular flexibility index (Phi) is 4.34. The summed E-state index contributed by atoms with van der Waals surface area (Å²) in [5.41, 5.74) is 1.09. The number of fused-ring (bicyclic) bond motifs is 1. The van der Waals surface area contributed by atoms with Gasteiger partial charge in [0, 0.05) is 30.8 Å². The minimum atomic E-state index is -0.657. The molecule has 1 aliphatic heterocycles. The number of halogens is 3. The lowest BCUT2D eigenvalue weighted by Crippen LogP contribution is -2.35. The van der Waals surface area contributed by atoms with E-state index < -0.39 is 11.6 Å². The van der Waals surface area contributed by atoms with E-state index in [0.717, 1.165) is 12.1 Å². The number of benzene rings is 1. The first-order valence-electron chi connectivity index (χ1n) is 8.03. The third kappa shape index (κ3) is 3.04. The average Bonchev–Trinajstić information content (AvgIpc) is 3.16. The lowest BCUT2D eigenvalue weighted by molar-refractivity contribution is 0.237. The normalized spacial score (nSPS) is 14.4. The Balaban J connectivity index is 1.64. The molecule has 0 saturated heterocycles. The third-order valence-corrected chi connectivity index (χ3v) is 4.84. The highest BCUT2D eigenvalue weighted by Gasteiger charge is 2.24. The largest absolute Gasteiger partial charge is 0.461 e. The van der Waals surface area contributed by atoms with Gasteiger partial charge in [0.2, 0.25) is 0 Å². The molecule has 0 bridgehead atoms. The summed E-state index contributed by atoms with van der Waals surface area (Å²) in [5.74, 6) is -0.413. The van der Waals surface area contributed by atoms with E-state index in [1.807, 2.05) is 4.90 Å². The molecular formula is C18H14ClF2N3O2. The van der Waals surface area contributed by atoms with E-state index >= 15 is 0 Å². The van der Waals surface area contributed by atoms with E-state index in [4.69, 9.17) is 16.0 Å². The highest BCUT2D eigenvalue weighted by molar-refractivity contribution is 6.31. The summed E-state index contributed by atoms with van der Waals surface area (Å²) in [6, 6.07) is 5.47. The highest BCUT2D eigenvalue weighted by atomic mass is 35.5. The SMILES string of the molecule is O=c1[nH]c(-c2ccco2)nc2c1CCN(Cc1c(F)ccc(F)c1Cl)C2. The molecule has 3 heterocycles. The molecule has 1 aromatic carbocycles. The second-order valence-corrected chi connectivity index (χ2v) is 6.48. The van der Waals surface area contributed by atoms with Crippen LogP contribution in [0.25, 0.3) is 11.6 Å². The van der Waals surface area contributed by atoms with Crippen molar-refractivity contribution in [2.75, 3.05) is 6.54 Å². The molecule has 1 N–H and O–H groups in total. The molecule has 0 aliphatic carbocycles. The fourth-order valence-electron chi connectivity index (χ4n) is 3.10. The molecule has 134 valence electrons. The first kappa shape index (κ1) is 16.9. The Labute approximate surface area is 152 Å². The molecule has 0 atom stereocenters. The summed E-state index contributed by atoms with van der Waals surface area (Å²) in [6.07, 6.45) is 1.96. The number of nitrogens with one attached hydrogen (secondary N) is 1. The van der Waals surface area contributed by atoms with Crippen LogP contribution in [0.3, 0.4) is 0 Å². The molecule has 8 heteroatoms. The monoisotopic (exact) mass is 377 g/mol. The summed E-state index contributed by atoms with van der Waals surface area (Å²) in [7, 11) is 0. The predicted molar refractivity (Wildman–Crippen MR) is 91.7 cm³/mol. The Morgan fingerprint density at radius 1 is 1.27 bits per heavy atom. The average molecular weight is 378 g/mol. The van der Waals surface area contributed by atoms with Gasteiger partial charge in [-0.05, 0) is 30.7 Å². The van der Waals surface area contributed by atoms with Crippen LogP contribution >= 0.6 is 11.6 Å².